The number of amides is 2. The van der Waals surface area contributed by atoms with Gasteiger partial charge in [0.2, 0.25) is 10.0 Å². The highest BCUT2D eigenvalue weighted by atomic mass is 32.2. The third kappa shape index (κ3) is 9.12. The predicted octanol–water partition coefficient (Wildman–Crippen LogP) is 5.85. The molecular formula is C31H40N4O5S. The van der Waals surface area contributed by atoms with Crippen LogP contribution in [0, 0.1) is 6.92 Å². The molecular weight excluding hydrogens is 540 g/mol. The van der Waals surface area contributed by atoms with Gasteiger partial charge in [-0.05, 0) is 79.8 Å². The Morgan fingerprint density at radius 1 is 1.02 bits per heavy atom. The van der Waals surface area contributed by atoms with Crippen molar-refractivity contribution < 1.29 is 23.1 Å². The quantitative estimate of drug-likeness (QED) is 0.263. The van der Waals surface area contributed by atoms with Crippen LogP contribution in [0.3, 0.4) is 0 Å². The number of nitrogens with zero attached hydrogens (tertiary/aromatic N) is 2. The molecule has 4 rings (SSSR count). The molecule has 1 aliphatic heterocycles. The lowest BCUT2D eigenvalue weighted by molar-refractivity contribution is 0.188. The molecule has 0 aromatic heterocycles. The average molecular weight is 581 g/mol. The number of ether oxygens (including phenoxy) is 1. The first-order valence-corrected chi connectivity index (χ1v) is 15.9. The molecule has 9 nitrogen and oxygen atoms in total. The molecule has 3 N–H and O–H groups in total. The minimum Gasteiger partial charge on any atom is -0.508 e. The van der Waals surface area contributed by atoms with E-state index in [4.69, 9.17) is 4.74 Å². The minimum atomic E-state index is -3.32. The maximum absolute atomic E-state index is 13.2. The van der Waals surface area contributed by atoms with E-state index in [9.17, 15) is 18.3 Å². The molecule has 0 saturated carbocycles. The number of unbranched alkanes of at least 4 members (excludes halogenated alkanes) is 1. The lowest BCUT2D eigenvalue weighted by Crippen LogP contribution is -2.49. The van der Waals surface area contributed by atoms with Gasteiger partial charge in [0.15, 0.2) is 0 Å². The molecule has 0 aliphatic carbocycles. The Bertz CT molecular complexity index is 1400. The van der Waals surface area contributed by atoms with Crippen LogP contribution in [0.5, 0.6) is 17.2 Å². The molecule has 0 radical (unpaired) electrons. The Labute approximate surface area is 243 Å². The Kier molecular flexibility index (Phi) is 10.1. The summed E-state index contributed by atoms with van der Waals surface area (Å²) in [6, 6.07) is 20.1. The molecule has 3 aromatic rings. The predicted molar refractivity (Wildman–Crippen MR) is 163 cm³/mol. The van der Waals surface area contributed by atoms with Crippen molar-refractivity contribution in [1.82, 2.24) is 10.2 Å². The largest absolute Gasteiger partial charge is 0.508 e. The number of piperidine rings is 1. The Morgan fingerprint density at radius 3 is 2.24 bits per heavy atom. The number of sulfonamides is 1. The maximum atomic E-state index is 13.2. The third-order valence-corrected chi connectivity index (χ3v) is 7.73. The van der Waals surface area contributed by atoms with Crippen LogP contribution in [0.15, 0.2) is 66.7 Å². The summed E-state index contributed by atoms with van der Waals surface area (Å²) in [6.45, 7) is 7.14. The molecule has 0 atom stereocenters. The molecule has 1 aliphatic rings. The van der Waals surface area contributed by atoms with Crippen molar-refractivity contribution in [3.63, 3.8) is 0 Å². The highest BCUT2D eigenvalue weighted by Gasteiger charge is 2.24. The van der Waals surface area contributed by atoms with Gasteiger partial charge in [-0.3, -0.25) is 14.5 Å². The number of phenols is 1. The van der Waals surface area contributed by atoms with Crippen molar-refractivity contribution in [2.24, 2.45) is 0 Å². The maximum Gasteiger partial charge on any atom is 0.322 e. The Morgan fingerprint density at radius 2 is 1.66 bits per heavy atom. The number of carbonyl (C=O) groups excluding carboxylic acids is 1. The van der Waals surface area contributed by atoms with Gasteiger partial charge in [0.05, 0.1) is 6.26 Å². The van der Waals surface area contributed by atoms with Crippen molar-refractivity contribution in [3.05, 3.63) is 77.9 Å². The highest BCUT2D eigenvalue weighted by Crippen LogP contribution is 2.26. The van der Waals surface area contributed by atoms with Crippen molar-refractivity contribution in [2.45, 2.75) is 52.1 Å². The standard InChI is InChI=1S/C31H40N4O5S/c1-4-5-18-35(27-11-6-23(2)30(36)21-27)31(37)32-25-16-19-34(20-17-25)22-24-7-12-28(13-8-24)40-29-14-9-26(10-15-29)33-41(3,38)39/h6-15,21,25,33,36H,4-5,16-20,22H2,1-3H3,(H,32,37). The van der Waals surface area contributed by atoms with E-state index in [1.165, 1.54) is 5.56 Å². The Balaban J connectivity index is 1.25. The second-order valence-electron chi connectivity index (χ2n) is 10.6. The van der Waals surface area contributed by atoms with Gasteiger partial charge in [-0.25, -0.2) is 13.2 Å². The molecule has 1 saturated heterocycles. The number of aryl methyl sites for hydroxylation is 1. The molecule has 3 aromatic carbocycles. The zero-order chi connectivity index (χ0) is 29.4. The Hall–Kier alpha value is -3.76. The number of carbonyl (C=O) groups is 1. The minimum absolute atomic E-state index is 0.108. The number of hydrogen-bond acceptors (Lipinski definition) is 6. The fraction of sp³-hybridized carbons (Fsp3) is 0.387. The lowest BCUT2D eigenvalue weighted by Gasteiger charge is -2.34. The topological polar surface area (TPSA) is 111 Å². The molecule has 1 fully saturated rings. The van der Waals surface area contributed by atoms with Crippen LogP contribution in [-0.4, -0.2) is 56.4 Å². The number of aromatic hydroxyl groups is 1. The van der Waals surface area contributed by atoms with Crippen LogP contribution < -0.4 is 19.7 Å². The molecule has 41 heavy (non-hydrogen) atoms. The van der Waals surface area contributed by atoms with Crippen LogP contribution in [0.1, 0.15) is 43.7 Å². The van der Waals surface area contributed by atoms with E-state index in [1.54, 1.807) is 35.2 Å². The van der Waals surface area contributed by atoms with Crippen LogP contribution in [0.4, 0.5) is 16.2 Å². The average Bonchev–Trinajstić information content (AvgIpc) is 2.93. The molecule has 1 heterocycles. The number of likely N-dealkylation sites (tertiary alicyclic amines) is 1. The number of phenolic OH excluding ortho intramolecular Hbond substituents is 1. The number of benzene rings is 3. The summed E-state index contributed by atoms with van der Waals surface area (Å²) in [6.07, 6.45) is 4.73. The first kappa shape index (κ1) is 30.2. The van der Waals surface area contributed by atoms with Gasteiger partial charge < -0.3 is 15.2 Å². The van der Waals surface area contributed by atoms with Crippen molar-refractivity contribution in [2.75, 3.05) is 35.5 Å². The molecule has 0 spiro atoms. The van der Waals surface area contributed by atoms with Crippen LogP contribution >= 0.6 is 0 Å². The smallest absolute Gasteiger partial charge is 0.322 e. The second-order valence-corrected chi connectivity index (χ2v) is 12.4. The van der Waals surface area contributed by atoms with Gasteiger partial charge >= 0.3 is 6.03 Å². The fourth-order valence-corrected chi connectivity index (χ4v) is 5.34. The molecule has 0 unspecified atom stereocenters. The van der Waals surface area contributed by atoms with E-state index in [0.29, 0.717) is 29.4 Å². The number of anilines is 2. The zero-order valence-electron chi connectivity index (χ0n) is 24.0. The summed E-state index contributed by atoms with van der Waals surface area (Å²) in [5.41, 5.74) is 3.16. The van der Waals surface area contributed by atoms with Gasteiger partial charge in [0.1, 0.15) is 17.2 Å². The van der Waals surface area contributed by atoms with Crippen LogP contribution in [0.25, 0.3) is 0 Å². The van der Waals surface area contributed by atoms with E-state index in [-0.39, 0.29) is 17.8 Å². The van der Waals surface area contributed by atoms with E-state index in [1.807, 2.05) is 43.3 Å². The number of rotatable bonds is 11. The first-order valence-electron chi connectivity index (χ1n) is 14.0. The van der Waals surface area contributed by atoms with Crippen LogP contribution in [-0.2, 0) is 16.6 Å². The van der Waals surface area contributed by atoms with Crippen molar-refractivity contribution in [1.29, 1.82) is 0 Å². The monoisotopic (exact) mass is 580 g/mol. The SMILES string of the molecule is CCCCN(C(=O)NC1CCN(Cc2ccc(Oc3ccc(NS(C)(=O)=O)cc3)cc2)CC1)c1ccc(C)c(O)c1. The van der Waals surface area contributed by atoms with Gasteiger partial charge in [-0.2, -0.15) is 0 Å². The molecule has 2 amide bonds. The first-order chi connectivity index (χ1) is 19.6. The summed E-state index contributed by atoms with van der Waals surface area (Å²) in [5.74, 6) is 1.52. The second kappa shape index (κ2) is 13.7. The fourth-order valence-electron chi connectivity index (χ4n) is 4.78. The zero-order valence-corrected chi connectivity index (χ0v) is 24.8. The summed E-state index contributed by atoms with van der Waals surface area (Å²) in [7, 11) is -3.32. The molecule has 0 bridgehead atoms. The molecule has 10 heteroatoms. The summed E-state index contributed by atoms with van der Waals surface area (Å²) < 4.78 is 31.1. The number of nitrogens with one attached hydrogen (secondary N) is 2. The van der Waals surface area contributed by atoms with Gasteiger partial charge in [0, 0.05) is 49.7 Å². The van der Waals surface area contributed by atoms with E-state index >= 15 is 0 Å². The van der Waals surface area contributed by atoms with Gasteiger partial charge in [-0.1, -0.05) is 31.5 Å². The lowest BCUT2D eigenvalue weighted by atomic mass is 10.0. The summed E-state index contributed by atoms with van der Waals surface area (Å²) in [5, 5.41) is 13.4. The number of hydrogen-bond donors (Lipinski definition) is 3. The summed E-state index contributed by atoms with van der Waals surface area (Å²) >= 11 is 0. The number of urea groups is 1. The van der Waals surface area contributed by atoms with Crippen molar-refractivity contribution in [3.8, 4) is 17.2 Å². The van der Waals surface area contributed by atoms with E-state index in [0.717, 1.165) is 57.1 Å². The third-order valence-electron chi connectivity index (χ3n) is 7.12. The summed E-state index contributed by atoms with van der Waals surface area (Å²) in [4.78, 5) is 17.3. The molecule has 220 valence electrons. The van der Waals surface area contributed by atoms with Crippen molar-refractivity contribution >= 4 is 27.4 Å². The van der Waals surface area contributed by atoms with E-state index in [2.05, 4.69) is 21.9 Å². The van der Waals surface area contributed by atoms with E-state index < -0.39 is 10.0 Å². The van der Waals surface area contributed by atoms with Gasteiger partial charge in [0.25, 0.3) is 0 Å². The van der Waals surface area contributed by atoms with Gasteiger partial charge in [-0.15, -0.1) is 0 Å². The van der Waals surface area contributed by atoms with Crippen LogP contribution in [0.2, 0.25) is 0 Å². The highest BCUT2D eigenvalue weighted by molar-refractivity contribution is 7.92. The normalized spacial score (nSPS) is 14.4.